The van der Waals surface area contributed by atoms with Gasteiger partial charge in [-0.3, -0.25) is 4.72 Å². The number of nitriles is 1. The molecule has 2 aromatic carbocycles. The van der Waals surface area contributed by atoms with Crippen LogP contribution in [0.2, 0.25) is 10.0 Å². The van der Waals surface area contributed by atoms with Crippen LogP contribution in [0.5, 0.6) is 0 Å². The fraction of sp³-hybridized carbons (Fsp3) is 0. The van der Waals surface area contributed by atoms with Gasteiger partial charge in [0.25, 0.3) is 10.0 Å². The van der Waals surface area contributed by atoms with Crippen LogP contribution in [0.4, 0.5) is 11.4 Å². The molecule has 0 bridgehead atoms. The molecule has 0 fully saturated rings. The smallest absolute Gasteiger partial charge is 0.263 e. The number of anilines is 2. The topological polar surface area (TPSA) is 96.0 Å². The van der Waals surface area contributed by atoms with Crippen LogP contribution in [-0.4, -0.2) is 8.42 Å². The summed E-state index contributed by atoms with van der Waals surface area (Å²) in [6.07, 6.45) is 0. The highest BCUT2D eigenvalue weighted by atomic mass is 35.5. The molecule has 3 N–H and O–H groups in total. The third-order valence-electron chi connectivity index (χ3n) is 2.53. The van der Waals surface area contributed by atoms with Crippen molar-refractivity contribution in [1.29, 1.82) is 5.26 Å². The van der Waals surface area contributed by atoms with Gasteiger partial charge in [-0.15, -0.1) is 0 Å². The Morgan fingerprint density at radius 2 is 1.71 bits per heavy atom. The van der Waals surface area contributed by atoms with Gasteiger partial charge in [-0.25, -0.2) is 8.42 Å². The van der Waals surface area contributed by atoms with E-state index in [2.05, 4.69) is 4.72 Å². The zero-order valence-corrected chi connectivity index (χ0v) is 12.8. The van der Waals surface area contributed by atoms with Crippen LogP contribution < -0.4 is 10.5 Å². The predicted molar refractivity (Wildman–Crippen MR) is 82.8 cm³/mol. The van der Waals surface area contributed by atoms with Crippen LogP contribution in [0.1, 0.15) is 5.56 Å². The third-order valence-corrected chi connectivity index (χ3v) is 4.40. The molecule has 0 unspecified atom stereocenters. The second kappa shape index (κ2) is 5.82. The van der Waals surface area contributed by atoms with Crippen molar-refractivity contribution in [3.8, 4) is 6.07 Å². The molecule has 2 aromatic rings. The third kappa shape index (κ3) is 3.58. The molecule has 108 valence electrons. The molecule has 21 heavy (non-hydrogen) atoms. The largest absolute Gasteiger partial charge is 0.399 e. The van der Waals surface area contributed by atoms with Crippen molar-refractivity contribution in [2.75, 3.05) is 10.5 Å². The number of hydrogen-bond donors (Lipinski definition) is 2. The van der Waals surface area contributed by atoms with Crippen molar-refractivity contribution in [3.05, 3.63) is 52.0 Å². The van der Waals surface area contributed by atoms with Crippen molar-refractivity contribution >= 4 is 44.6 Å². The zero-order chi connectivity index (χ0) is 15.6. The van der Waals surface area contributed by atoms with Gasteiger partial charge in [-0.2, -0.15) is 5.26 Å². The van der Waals surface area contributed by atoms with Crippen LogP contribution in [0.3, 0.4) is 0 Å². The Morgan fingerprint density at radius 3 is 2.29 bits per heavy atom. The monoisotopic (exact) mass is 341 g/mol. The maximum absolute atomic E-state index is 12.3. The van der Waals surface area contributed by atoms with Gasteiger partial charge < -0.3 is 5.73 Å². The van der Waals surface area contributed by atoms with E-state index in [0.717, 1.165) is 0 Å². The number of benzene rings is 2. The Bertz CT molecular complexity index is 825. The standard InChI is InChI=1S/C13H9Cl2N3O2S/c14-9-4-10(15)6-12(5-9)18-21(19,20)13-2-1-11(17)3-8(13)7-16/h1-6,18H,17H2. The average Bonchev–Trinajstić information content (AvgIpc) is 2.36. The highest BCUT2D eigenvalue weighted by molar-refractivity contribution is 7.92. The van der Waals surface area contributed by atoms with Gasteiger partial charge in [0.1, 0.15) is 11.0 Å². The Labute approximate surface area is 132 Å². The SMILES string of the molecule is N#Cc1cc(N)ccc1S(=O)(=O)Nc1cc(Cl)cc(Cl)c1. The van der Waals surface area contributed by atoms with Gasteiger partial charge in [-0.05, 0) is 36.4 Å². The maximum atomic E-state index is 12.3. The quantitative estimate of drug-likeness (QED) is 0.837. The number of rotatable bonds is 3. The first-order valence-electron chi connectivity index (χ1n) is 5.60. The number of nitrogens with zero attached hydrogens (tertiary/aromatic N) is 1. The van der Waals surface area contributed by atoms with Gasteiger partial charge in [0.15, 0.2) is 0 Å². The van der Waals surface area contributed by atoms with E-state index in [1.165, 1.54) is 36.4 Å². The van der Waals surface area contributed by atoms with Gasteiger partial charge in [0.2, 0.25) is 0 Å². The second-order valence-corrected chi connectivity index (χ2v) is 6.65. The van der Waals surface area contributed by atoms with E-state index in [-0.39, 0.29) is 26.2 Å². The summed E-state index contributed by atoms with van der Waals surface area (Å²) in [6.45, 7) is 0. The molecule has 0 aromatic heterocycles. The van der Waals surface area contributed by atoms with Crippen LogP contribution >= 0.6 is 23.2 Å². The first-order chi connectivity index (χ1) is 9.81. The minimum absolute atomic E-state index is 0.0457. The molecule has 0 heterocycles. The molecule has 0 aliphatic rings. The van der Waals surface area contributed by atoms with E-state index in [1.54, 1.807) is 6.07 Å². The summed E-state index contributed by atoms with van der Waals surface area (Å²) in [7, 11) is -3.95. The molecular formula is C13H9Cl2N3O2S. The minimum atomic E-state index is -3.95. The van der Waals surface area contributed by atoms with Crippen LogP contribution in [0.15, 0.2) is 41.3 Å². The fourth-order valence-corrected chi connectivity index (χ4v) is 3.40. The van der Waals surface area contributed by atoms with Gasteiger partial charge in [0, 0.05) is 15.7 Å². The molecule has 0 spiro atoms. The van der Waals surface area contributed by atoms with E-state index in [9.17, 15) is 8.42 Å². The molecule has 0 atom stereocenters. The molecule has 0 aliphatic heterocycles. The van der Waals surface area contributed by atoms with E-state index in [1.807, 2.05) is 0 Å². The Kier molecular flexibility index (Phi) is 4.28. The molecule has 0 saturated heterocycles. The van der Waals surface area contributed by atoms with E-state index in [4.69, 9.17) is 34.2 Å². The van der Waals surface area contributed by atoms with Crippen molar-refractivity contribution in [2.24, 2.45) is 0 Å². The lowest BCUT2D eigenvalue weighted by Gasteiger charge is -2.10. The molecule has 0 amide bonds. The average molecular weight is 342 g/mol. The molecule has 0 saturated carbocycles. The predicted octanol–water partition coefficient (Wildman–Crippen LogP) is 3.25. The Morgan fingerprint density at radius 1 is 1.10 bits per heavy atom. The van der Waals surface area contributed by atoms with Crippen LogP contribution in [0, 0.1) is 11.3 Å². The number of sulfonamides is 1. The van der Waals surface area contributed by atoms with Gasteiger partial charge in [0.05, 0.1) is 11.3 Å². The van der Waals surface area contributed by atoms with Gasteiger partial charge in [-0.1, -0.05) is 23.2 Å². The first-order valence-corrected chi connectivity index (χ1v) is 7.84. The molecule has 0 radical (unpaired) electrons. The van der Waals surface area contributed by atoms with E-state index < -0.39 is 10.0 Å². The molecule has 5 nitrogen and oxygen atoms in total. The summed E-state index contributed by atoms with van der Waals surface area (Å²) in [6, 6.07) is 10.1. The summed E-state index contributed by atoms with van der Waals surface area (Å²) in [5, 5.41) is 9.60. The summed E-state index contributed by atoms with van der Waals surface area (Å²) in [4.78, 5) is -0.171. The zero-order valence-electron chi connectivity index (χ0n) is 10.5. The number of nitrogen functional groups attached to an aromatic ring is 1. The maximum Gasteiger partial charge on any atom is 0.263 e. The molecule has 8 heteroatoms. The van der Waals surface area contributed by atoms with E-state index in [0.29, 0.717) is 5.69 Å². The molecule has 0 aliphatic carbocycles. The number of nitrogens with two attached hydrogens (primary N) is 1. The molecule has 2 rings (SSSR count). The summed E-state index contributed by atoms with van der Waals surface area (Å²) >= 11 is 11.6. The number of hydrogen-bond acceptors (Lipinski definition) is 4. The number of nitrogens with one attached hydrogen (secondary N) is 1. The van der Waals surface area contributed by atoms with E-state index >= 15 is 0 Å². The summed E-state index contributed by atoms with van der Waals surface area (Å²) in [5.74, 6) is 0. The lowest BCUT2D eigenvalue weighted by Crippen LogP contribution is -2.14. The van der Waals surface area contributed by atoms with Crippen LogP contribution in [0.25, 0.3) is 0 Å². The molecular weight excluding hydrogens is 333 g/mol. The van der Waals surface area contributed by atoms with Gasteiger partial charge >= 0.3 is 0 Å². The minimum Gasteiger partial charge on any atom is -0.399 e. The van der Waals surface area contributed by atoms with Crippen molar-refractivity contribution in [2.45, 2.75) is 4.90 Å². The Balaban J connectivity index is 2.46. The summed E-state index contributed by atoms with van der Waals surface area (Å²) < 4.78 is 27.0. The normalized spacial score (nSPS) is 10.9. The Hall–Kier alpha value is -1.94. The van der Waals surface area contributed by atoms with Crippen molar-refractivity contribution in [3.63, 3.8) is 0 Å². The summed E-state index contributed by atoms with van der Waals surface area (Å²) in [5.41, 5.74) is 6.00. The van der Waals surface area contributed by atoms with Crippen molar-refractivity contribution in [1.82, 2.24) is 0 Å². The highest BCUT2D eigenvalue weighted by Gasteiger charge is 2.19. The highest BCUT2D eigenvalue weighted by Crippen LogP contribution is 2.26. The first kappa shape index (κ1) is 15.4. The van der Waals surface area contributed by atoms with Crippen molar-refractivity contribution < 1.29 is 8.42 Å². The second-order valence-electron chi connectivity index (χ2n) is 4.13. The fourth-order valence-electron chi connectivity index (χ4n) is 1.69. The van der Waals surface area contributed by atoms with Crippen LogP contribution in [-0.2, 0) is 10.0 Å². The number of halogens is 2. The lowest BCUT2D eigenvalue weighted by molar-refractivity contribution is 0.601. The lowest BCUT2D eigenvalue weighted by atomic mass is 10.2.